The Balaban J connectivity index is 3.51. The number of hydrogen-bond acceptors (Lipinski definition) is 4. The van der Waals surface area contributed by atoms with E-state index in [2.05, 4.69) is 4.74 Å². The van der Waals surface area contributed by atoms with E-state index in [9.17, 15) is 14.9 Å². The first-order valence-electron chi connectivity index (χ1n) is 4.12. The van der Waals surface area contributed by atoms with Gasteiger partial charge in [-0.1, -0.05) is 11.6 Å². The van der Waals surface area contributed by atoms with Crippen LogP contribution in [0.1, 0.15) is 15.9 Å². The number of nitrogens with zero attached hydrogens (tertiary/aromatic N) is 1. The molecule has 0 atom stereocenters. The summed E-state index contributed by atoms with van der Waals surface area (Å²) < 4.78 is 4.46. The fraction of sp³-hybridized carbons (Fsp3) is 0.222. The molecule has 0 heterocycles. The lowest BCUT2D eigenvalue weighted by molar-refractivity contribution is -0.385. The number of rotatable bonds is 3. The number of nitro benzene ring substituents is 1. The lowest BCUT2D eigenvalue weighted by Crippen LogP contribution is -2.09. The molecule has 5 nitrogen and oxygen atoms in total. The van der Waals surface area contributed by atoms with Gasteiger partial charge >= 0.3 is 5.97 Å². The van der Waals surface area contributed by atoms with E-state index in [1.165, 1.54) is 6.07 Å². The van der Waals surface area contributed by atoms with Gasteiger partial charge in [0.15, 0.2) is 0 Å². The van der Waals surface area contributed by atoms with Gasteiger partial charge in [-0.25, -0.2) is 4.79 Å². The highest BCUT2D eigenvalue weighted by Crippen LogP contribution is 2.29. The van der Waals surface area contributed by atoms with Crippen LogP contribution in [0.25, 0.3) is 0 Å². The van der Waals surface area contributed by atoms with Crippen LogP contribution in [0.15, 0.2) is 12.1 Å². The van der Waals surface area contributed by atoms with Crippen LogP contribution < -0.4 is 0 Å². The van der Waals surface area contributed by atoms with Crippen molar-refractivity contribution >= 4 is 34.9 Å². The van der Waals surface area contributed by atoms with Crippen molar-refractivity contribution in [3.8, 4) is 0 Å². The molecule has 0 bridgehead atoms. The number of carbonyl (C=O) groups excluding carboxylic acids is 1. The summed E-state index contributed by atoms with van der Waals surface area (Å²) >= 11 is 11.3. The van der Waals surface area contributed by atoms with Gasteiger partial charge in [-0.3, -0.25) is 10.1 Å². The Kier molecular flexibility index (Phi) is 4.09. The van der Waals surface area contributed by atoms with E-state index >= 15 is 0 Å². The molecule has 0 aliphatic rings. The molecular weight excluding hydrogens is 257 g/mol. The molecule has 0 amide bonds. The van der Waals surface area contributed by atoms with Gasteiger partial charge in [0.1, 0.15) is 5.56 Å². The molecule has 0 saturated heterocycles. The number of hydrogen-bond donors (Lipinski definition) is 0. The molecule has 0 radical (unpaired) electrons. The first-order valence-corrected chi connectivity index (χ1v) is 5.03. The highest BCUT2D eigenvalue weighted by Gasteiger charge is 2.25. The van der Waals surface area contributed by atoms with Gasteiger partial charge in [0.25, 0.3) is 5.69 Å². The van der Waals surface area contributed by atoms with Crippen LogP contribution in [0.2, 0.25) is 5.02 Å². The van der Waals surface area contributed by atoms with E-state index in [1.807, 2.05) is 0 Å². The second-order valence-corrected chi connectivity index (χ2v) is 3.55. The molecular formula is C9H7Cl2NO4. The second kappa shape index (κ2) is 5.14. The first-order chi connectivity index (χ1) is 7.51. The minimum Gasteiger partial charge on any atom is -0.465 e. The van der Waals surface area contributed by atoms with E-state index in [-0.39, 0.29) is 22.0 Å². The van der Waals surface area contributed by atoms with Gasteiger partial charge in [-0.2, -0.15) is 0 Å². The largest absolute Gasteiger partial charge is 0.465 e. The lowest BCUT2D eigenvalue weighted by Gasteiger charge is -2.06. The number of esters is 1. The van der Waals surface area contributed by atoms with Crippen molar-refractivity contribution in [1.29, 1.82) is 0 Å². The summed E-state index contributed by atoms with van der Waals surface area (Å²) in [6.45, 7) is 0. The summed E-state index contributed by atoms with van der Waals surface area (Å²) in [6.07, 6.45) is 0. The summed E-state index contributed by atoms with van der Waals surface area (Å²) in [4.78, 5) is 21.5. The van der Waals surface area contributed by atoms with Crippen LogP contribution in [-0.4, -0.2) is 18.0 Å². The lowest BCUT2D eigenvalue weighted by atomic mass is 10.1. The average Bonchev–Trinajstić information content (AvgIpc) is 2.26. The van der Waals surface area contributed by atoms with E-state index < -0.39 is 16.6 Å². The zero-order chi connectivity index (χ0) is 12.3. The van der Waals surface area contributed by atoms with E-state index in [4.69, 9.17) is 23.2 Å². The second-order valence-electron chi connectivity index (χ2n) is 2.84. The fourth-order valence-electron chi connectivity index (χ4n) is 1.23. The molecule has 0 aliphatic carbocycles. The Bertz CT molecular complexity index is 447. The third-order valence-electron chi connectivity index (χ3n) is 1.89. The number of benzene rings is 1. The van der Waals surface area contributed by atoms with E-state index in [0.717, 1.165) is 13.2 Å². The molecule has 0 aromatic heterocycles. The smallest absolute Gasteiger partial charge is 0.345 e. The van der Waals surface area contributed by atoms with Crippen LogP contribution in [0, 0.1) is 10.1 Å². The maximum atomic E-state index is 11.4. The number of methoxy groups -OCH3 is 1. The SMILES string of the molecule is COC(=O)c1c(CCl)cc(Cl)cc1[N+](=O)[O-]. The molecule has 7 heteroatoms. The minimum atomic E-state index is -0.806. The van der Waals surface area contributed by atoms with Crippen LogP contribution in [-0.2, 0) is 10.6 Å². The topological polar surface area (TPSA) is 69.4 Å². The van der Waals surface area contributed by atoms with Crippen molar-refractivity contribution in [1.82, 2.24) is 0 Å². The Morgan fingerprint density at radius 2 is 2.19 bits per heavy atom. The predicted molar refractivity (Wildman–Crippen MR) is 59.0 cm³/mol. The number of halogens is 2. The number of carbonyl (C=O) groups is 1. The summed E-state index contributed by atoms with van der Waals surface area (Å²) in [5.41, 5.74) is -0.297. The number of nitro groups is 1. The third kappa shape index (κ3) is 2.43. The normalized spacial score (nSPS) is 9.94. The zero-order valence-electron chi connectivity index (χ0n) is 8.20. The number of ether oxygens (including phenoxy) is 1. The van der Waals surface area contributed by atoms with E-state index in [0.29, 0.717) is 0 Å². The fourth-order valence-corrected chi connectivity index (χ4v) is 1.68. The first kappa shape index (κ1) is 12.7. The van der Waals surface area contributed by atoms with Crippen molar-refractivity contribution < 1.29 is 14.5 Å². The molecule has 16 heavy (non-hydrogen) atoms. The Hall–Kier alpha value is -1.33. The molecule has 0 spiro atoms. The average molecular weight is 264 g/mol. The van der Waals surface area contributed by atoms with Crippen LogP contribution >= 0.6 is 23.2 Å². The highest BCUT2D eigenvalue weighted by molar-refractivity contribution is 6.31. The summed E-state index contributed by atoms with van der Waals surface area (Å²) in [5.74, 6) is -0.870. The maximum absolute atomic E-state index is 11.4. The molecule has 1 aromatic carbocycles. The Morgan fingerprint density at radius 1 is 1.56 bits per heavy atom. The van der Waals surface area contributed by atoms with Crippen LogP contribution in [0.5, 0.6) is 0 Å². The molecule has 0 saturated carbocycles. The van der Waals surface area contributed by atoms with E-state index in [1.54, 1.807) is 0 Å². The minimum absolute atomic E-state index is 0.0637. The third-order valence-corrected chi connectivity index (χ3v) is 2.40. The van der Waals surface area contributed by atoms with Crippen molar-refractivity contribution in [2.45, 2.75) is 5.88 Å². The molecule has 1 aromatic rings. The molecule has 0 fully saturated rings. The van der Waals surface area contributed by atoms with Gasteiger partial charge in [0.05, 0.1) is 12.0 Å². The predicted octanol–water partition coefficient (Wildman–Crippen LogP) is 2.77. The van der Waals surface area contributed by atoms with Crippen molar-refractivity contribution in [3.63, 3.8) is 0 Å². The quantitative estimate of drug-likeness (QED) is 0.364. The Morgan fingerprint density at radius 3 is 2.62 bits per heavy atom. The maximum Gasteiger partial charge on any atom is 0.345 e. The van der Waals surface area contributed by atoms with Crippen LogP contribution in [0.4, 0.5) is 5.69 Å². The number of alkyl halides is 1. The van der Waals surface area contributed by atoms with Gasteiger partial charge in [-0.15, -0.1) is 11.6 Å². The van der Waals surface area contributed by atoms with Crippen molar-refractivity contribution in [3.05, 3.63) is 38.4 Å². The molecule has 1 rings (SSSR count). The summed E-state index contributed by atoms with van der Waals surface area (Å²) in [6, 6.07) is 2.48. The van der Waals surface area contributed by atoms with Gasteiger partial charge in [0.2, 0.25) is 0 Å². The molecule has 86 valence electrons. The van der Waals surface area contributed by atoms with Gasteiger partial charge in [-0.05, 0) is 11.6 Å². The standard InChI is InChI=1S/C9H7Cl2NO4/c1-16-9(13)8-5(4-10)2-6(11)3-7(8)12(14)15/h2-3H,4H2,1H3. The van der Waals surface area contributed by atoms with Crippen molar-refractivity contribution in [2.24, 2.45) is 0 Å². The zero-order valence-corrected chi connectivity index (χ0v) is 9.71. The molecule has 0 aliphatic heterocycles. The van der Waals surface area contributed by atoms with Crippen molar-refractivity contribution in [2.75, 3.05) is 7.11 Å². The highest BCUT2D eigenvalue weighted by atomic mass is 35.5. The summed E-state index contributed by atoms with van der Waals surface area (Å²) in [7, 11) is 1.14. The van der Waals surface area contributed by atoms with Crippen LogP contribution in [0.3, 0.4) is 0 Å². The van der Waals surface area contributed by atoms with Gasteiger partial charge in [0, 0.05) is 17.0 Å². The monoisotopic (exact) mass is 263 g/mol. The van der Waals surface area contributed by atoms with Gasteiger partial charge < -0.3 is 4.74 Å². The summed E-state index contributed by atoms with van der Waals surface area (Å²) in [5, 5.41) is 10.9. The Labute approximate surface area is 101 Å². The molecule has 0 N–H and O–H groups in total. The molecule has 0 unspecified atom stereocenters.